The number of phenols is 2. The first kappa shape index (κ1) is 21.7. The molecule has 2 fully saturated rings. The first-order valence-corrected chi connectivity index (χ1v) is 13.0. The molecule has 34 heavy (non-hydrogen) atoms. The molecule has 3 aromatic rings. The monoisotopic (exact) mass is 475 g/mol. The van der Waals surface area contributed by atoms with Crippen molar-refractivity contribution in [3.05, 3.63) is 77.9 Å². The minimum Gasteiger partial charge on any atom is -0.508 e. The molecule has 0 saturated carbocycles. The molecule has 0 aromatic heterocycles. The van der Waals surface area contributed by atoms with Crippen molar-refractivity contribution < 1.29 is 19.7 Å². The van der Waals surface area contributed by atoms with Crippen molar-refractivity contribution in [3.8, 4) is 23.0 Å². The van der Waals surface area contributed by atoms with Crippen molar-refractivity contribution in [2.45, 2.75) is 54.0 Å². The van der Waals surface area contributed by atoms with E-state index in [0.29, 0.717) is 0 Å². The molecular weight excluding hydrogens is 446 g/mol. The third-order valence-electron chi connectivity index (χ3n) is 7.36. The van der Waals surface area contributed by atoms with Crippen LogP contribution in [0.4, 0.5) is 0 Å². The number of benzene rings is 3. The summed E-state index contributed by atoms with van der Waals surface area (Å²) in [7, 11) is 0. The molecule has 5 nitrogen and oxygen atoms in total. The highest BCUT2D eigenvalue weighted by Gasteiger charge is 2.38. The molecular formula is C28H29NO4S. The molecule has 2 bridgehead atoms. The first-order chi connectivity index (χ1) is 16.6. The van der Waals surface area contributed by atoms with Crippen LogP contribution in [0, 0.1) is 0 Å². The Morgan fingerprint density at radius 1 is 0.824 bits per heavy atom. The number of fused-ring (bicyclic) bond motifs is 3. The number of nitrogens with zero attached hydrogens (tertiary/aromatic N) is 1. The van der Waals surface area contributed by atoms with E-state index in [0.717, 1.165) is 52.8 Å². The van der Waals surface area contributed by atoms with E-state index in [1.807, 2.05) is 30.3 Å². The number of hydrogen-bond donors (Lipinski definition) is 2. The van der Waals surface area contributed by atoms with Gasteiger partial charge in [-0.25, -0.2) is 0 Å². The maximum atomic E-state index is 9.95. The van der Waals surface area contributed by atoms with Crippen LogP contribution in [0.3, 0.4) is 0 Å². The lowest BCUT2D eigenvalue weighted by Gasteiger charge is -2.34. The molecule has 6 rings (SSSR count). The molecule has 2 unspecified atom stereocenters. The van der Waals surface area contributed by atoms with Crippen molar-refractivity contribution in [1.29, 1.82) is 0 Å². The molecule has 2 atom stereocenters. The summed E-state index contributed by atoms with van der Waals surface area (Å²) in [5, 5.41) is 19.7. The molecule has 6 heteroatoms. The van der Waals surface area contributed by atoms with Gasteiger partial charge in [-0.15, -0.1) is 11.8 Å². The Balaban J connectivity index is 1.19. The van der Waals surface area contributed by atoms with E-state index in [-0.39, 0.29) is 22.9 Å². The van der Waals surface area contributed by atoms with Crippen molar-refractivity contribution in [2.75, 3.05) is 13.2 Å². The van der Waals surface area contributed by atoms with Gasteiger partial charge >= 0.3 is 0 Å². The molecule has 2 N–H and O–H groups in total. The van der Waals surface area contributed by atoms with E-state index >= 15 is 0 Å². The summed E-state index contributed by atoms with van der Waals surface area (Å²) in [4.78, 5) is 3.55. The number of thioether (sulfide) groups is 1. The van der Waals surface area contributed by atoms with Gasteiger partial charge in [0.25, 0.3) is 0 Å². The fraction of sp³-hybridized carbons (Fsp3) is 0.357. The lowest BCUT2D eigenvalue weighted by atomic mass is 10.00. The zero-order valence-corrected chi connectivity index (χ0v) is 19.8. The standard InChI is InChI=1S/C28H29NO4S/c30-22-9-1-19(2-10-22)28-27(33-25-14-11-23(31)17-26(25)34-28)18-3-12-24(13-4-18)32-16-15-29-20-5-6-21(29)8-7-20/h1-4,9-14,17,20-21,27-28,30-31H,5-8,15-16H2. The predicted octanol–water partition coefficient (Wildman–Crippen LogP) is 6.07. The van der Waals surface area contributed by atoms with E-state index in [1.165, 1.54) is 25.7 Å². The van der Waals surface area contributed by atoms with Crippen LogP contribution >= 0.6 is 11.8 Å². The first-order valence-electron chi connectivity index (χ1n) is 12.1. The summed E-state index contributed by atoms with van der Waals surface area (Å²) in [5.74, 6) is 2.11. The summed E-state index contributed by atoms with van der Waals surface area (Å²) in [6, 6.07) is 22.3. The van der Waals surface area contributed by atoms with Crippen LogP contribution < -0.4 is 9.47 Å². The molecule has 3 aliphatic rings. The highest BCUT2D eigenvalue weighted by molar-refractivity contribution is 7.99. The van der Waals surface area contributed by atoms with E-state index in [2.05, 4.69) is 17.0 Å². The number of rotatable bonds is 6. The van der Waals surface area contributed by atoms with Crippen LogP contribution in [0.15, 0.2) is 71.6 Å². The largest absolute Gasteiger partial charge is 0.508 e. The SMILES string of the molecule is Oc1ccc(C2Sc3cc(O)ccc3OC2c2ccc(OCCN3C4CCC3CC4)cc2)cc1. The zero-order chi connectivity index (χ0) is 23.1. The summed E-state index contributed by atoms with van der Waals surface area (Å²) in [6.45, 7) is 1.72. The van der Waals surface area contributed by atoms with Crippen LogP contribution in [0.5, 0.6) is 23.0 Å². The van der Waals surface area contributed by atoms with E-state index in [9.17, 15) is 10.2 Å². The van der Waals surface area contributed by atoms with E-state index in [4.69, 9.17) is 9.47 Å². The van der Waals surface area contributed by atoms with Gasteiger partial charge in [-0.1, -0.05) is 24.3 Å². The normalized spacial score (nSPS) is 25.6. The average Bonchev–Trinajstić information content (AvgIpc) is 3.43. The van der Waals surface area contributed by atoms with Gasteiger partial charge < -0.3 is 19.7 Å². The molecule has 2 saturated heterocycles. The molecule has 3 heterocycles. The van der Waals surface area contributed by atoms with Gasteiger partial charge in [-0.05, 0) is 79.3 Å². The topological polar surface area (TPSA) is 62.2 Å². The van der Waals surface area contributed by atoms with Gasteiger partial charge in [-0.3, -0.25) is 4.90 Å². The second-order valence-electron chi connectivity index (χ2n) is 9.42. The lowest BCUT2D eigenvalue weighted by molar-refractivity contribution is 0.189. The second kappa shape index (κ2) is 9.08. The molecule has 0 spiro atoms. The minimum absolute atomic E-state index is 0.0210. The molecule has 0 amide bonds. The quantitative estimate of drug-likeness (QED) is 0.451. The lowest BCUT2D eigenvalue weighted by Crippen LogP contribution is -2.32. The summed E-state index contributed by atoms with van der Waals surface area (Å²) < 4.78 is 12.5. The van der Waals surface area contributed by atoms with Crippen LogP contribution in [0.25, 0.3) is 0 Å². The molecule has 0 radical (unpaired) electrons. The van der Waals surface area contributed by atoms with E-state index < -0.39 is 0 Å². The Morgan fingerprint density at radius 2 is 1.47 bits per heavy atom. The minimum atomic E-state index is -0.208. The average molecular weight is 476 g/mol. The molecule has 176 valence electrons. The molecule has 0 aliphatic carbocycles. The number of ether oxygens (including phenoxy) is 2. The van der Waals surface area contributed by atoms with Crippen LogP contribution in [0.2, 0.25) is 0 Å². The van der Waals surface area contributed by atoms with Crippen LogP contribution in [-0.2, 0) is 0 Å². The number of hydrogen-bond acceptors (Lipinski definition) is 6. The predicted molar refractivity (Wildman–Crippen MR) is 133 cm³/mol. The van der Waals surface area contributed by atoms with Crippen molar-refractivity contribution in [2.24, 2.45) is 0 Å². The Labute approximate surface area is 204 Å². The third-order valence-corrected chi connectivity index (χ3v) is 8.71. The van der Waals surface area contributed by atoms with Gasteiger partial charge in [0, 0.05) is 18.6 Å². The fourth-order valence-corrected chi connectivity index (χ4v) is 6.96. The van der Waals surface area contributed by atoms with Gasteiger partial charge in [0.05, 0.1) is 10.1 Å². The number of phenolic OH excluding ortho intramolecular Hbond substituents is 2. The van der Waals surface area contributed by atoms with Crippen molar-refractivity contribution >= 4 is 11.8 Å². The second-order valence-corrected chi connectivity index (χ2v) is 10.6. The van der Waals surface area contributed by atoms with Gasteiger partial charge in [0.1, 0.15) is 35.7 Å². The van der Waals surface area contributed by atoms with Gasteiger partial charge in [-0.2, -0.15) is 0 Å². The maximum Gasteiger partial charge on any atom is 0.140 e. The molecule has 3 aliphatic heterocycles. The van der Waals surface area contributed by atoms with Crippen LogP contribution in [0.1, 0.15) is 48.2 Å². The highest BCUT2D eigenvalue weighted by Crippen LogP contribution is 2.54. The Bertz CT molecular complexity index is 1130. The maximum absolute atomic E-state index is 9.95. The number of aromatic hydroxyl groups is 2. The Morgan fingerprint density at radius 3 is 2.18 bits per heavy atom. The summed E-state index contributed by atoms with van der Waals surface area (Å²) in [6.07, 6.45) is 5.20. The third kappa shape index (κ3) is 4.21. The van der Waals surface area contributed by atoms with Crippen molar-refractivity contribution in [3.63, 3.8) is 0 Å². The van der Waals surface area contributed by atoms with Gasteiger partial charge in [0.15, 0.2) is 0 Å². The summed E-state index contributed by atoms with van der Waals surface area (Å²) in [5.41, 5.74) is 2.12. The fourth-order valence-electron chi connectivity index (χ4n) is 5.64. The smallest absolute Gasteiger partial charge is 0.140 e. The van der Waals surface area contributed by atoms with Crippen molar-refractivity contribution in [1.82, 2.24) is 4.90 Å². The van der Waals surface area contributed by atoms with Crippen LogP contribution in [-0.4, -0.2) is 40.3 Å². The summed E-state index contributed by atoms with van der Waals surface area (Å²) >= 11 is 1.67. The Hall–Kier alpha value is -2.83. The van der Waals surface area contributed by atoms with E-state index in [1.54, 1.807) is 36.0 Å². The Kier molecular flexibility index (Phi) is 5.79. The molecule has 3 aromatic carbocycles. The van der Waals surface area contributed by atoms with Gasteiger partial charge in [0.2, 0.25) is 0 Å². The zero-order valence-electron chi connectivity index (χ0n) is 19.0. The highest BCUT2D eigenvalue weighted by atomic mass is 32.2.